The van der Waals surface area contributed by atoms with E-state index in [4.69, 9.17) is 9.26 Å². The van der Waals surface area contributed by atoms with E-state index in [1.54, 1.807) is 0 Å². The standard InChI is InChI=1S/C16H22N4O2/c1-2-15-18-16(22-19-15)12-21-14-7-5-9-20(11-14)10-13-6-3-4-8-17-13/h3-4,6,8,14H,2,5,7,9-12H2,1H3. The fourth-order valence-electron chi connectivity index (χ4n) is 2.70. The molecule has 0 saturated carbocycles. The Morgan fingerprint density at radius 1 is 1.41 bits per heavy atom. The van der Waals surface area contributed by atoms with Gasteiger partial charge in [0.05, 0.1) is 11.8 Å². The molecule has 2 aromatic heterocycles. The third-order valence-electron chi connectivity index (χ3n) is 3.84. The van der Waals surface area contributed by atoms with Gasteiger partial charge >= 0.3 is 0 Å². The third kappa shape index (κ3) is 4.11. The van der Waals surface area contributed by atoms with Crippen molar-refractivity contribution < 1.29 is 9.26 Å². The maximum Gasteiger partial charge on any atom is 0.252 e. The Morgan fingerprint density at radius 2 is 2.36 bits per heavy atom. The van der Waals surface area contributed by atoms with Crippen LogP contribution in [0, 0.1) is 0 Å². The lowest BCUT2D eigenvalue weighted by Gasteiger charge is -2.32. The normalized spacial score (nSPS) is 19.4. The molecule has 118 valence electrons. The number of pyridine rings is 1. The van der Waals surface area contributed by atoms with E-state index in [1.807, 2.05) is 25.3 Å². The summed E-state index contributed by atoms with van der Waals surface area (Å²) in [6.07, 6.45) is 5.06. The number of aryl methyl sites for hydroxylation is 1. The van der Waals surface area contributed by atoms with Gasteiger partial charge in [0.1, 0.15) is 6.61 Å². The number of ether oxygens (including phenoxy) is 1. The van der Waals surface area contributed by atoms with Gasteiger partial charge in [-0.1, -0.05) is 18.1 Å². The van der Waals surface area contributed by atoms with Gasteiger partial charge in [-0.3, -0.25) is 9.88 Å². The number of likely N-dealkylation sites (tertiary alicyclic amines) is 1. The molecule has 3 rings (SSSR count). The smallest absolute Gasteiger partial charge is 0.252 e. The molecule has 0 radical (unpaired) electrons. The average molecular weight is 302 g/mol. The van der Waals surface area contributed by atoms with E-state index in [9.17, 15) is 0 Å². The molecule has 0 aliphatic carbocycles. The summed E-state index contributed by atoms with van der Waals surface area (Å²) in [5.74, 6) is 1.30. The molecule has 2 aromatic rings. The highest BCUT2D eigenvalue weighted by molar-refractivity contribution is 5.03. The van der Waals surface area contributed by atoms with Crippen LogP contribution in [0.25, 0.3) is 0 Å². The summed E-state index contributed by atoms with van der Waals surface area (Å²) in [5.41, 5.74) is 1.10. The SMILES string of the molecule is CCc1noc(COC2CCCN(Cc3ccccn3)C2)n1. The van der Waals surface area contributed by atoms with Gasteiger partial charge in [0, 0.05) is 25.7 Å². The minimum atomic E-state index is 0.217. The fourth-order valence-corrected chi connectivity index (χ4v) is 2.70. The second-order valence-electron chi connectivity index (χ2n) is 5.59. The van der Waals surface area contributed by atoms with Crippen LogP contribution in [0.1, 0.15) is 37.2 Å². The van der Waals surface area contributed by atoms with Gasteiger partial charge in [-0.15, -0.1) is 0 Å². The number of rotatable bonds is 6. The van der Waals surface area contributed by atoms with Crippen molar-refractivity contribution in [2.24, 2.45) is 0 Å². The van der Waals surface area contributed by atoms with Crippen molar-refractivity contribution in [3.8, 4) is 0 Å². The summed E-state index contributed by atoms with van der Waals surface area (Å²) in [4.78, 5) is 11.1. The van der Waals surface area contributed by atoms with E-state index >= 15 is 0 Å². The molecule has 6 nitrogen and oxygen atoms in total. The molecule has 0 N–H and O–H groups in total. The molecule has 0 amide bonds. The first kappa shape index (κ1) is 15.1. The summed E-state index contributed by atoms with van der Waals surface area (Å²) in [6.45, 7) is 5.30. The van der Waals surface area contributed by atoms with E-state index < -0.39 is 0 Å². The Morgan fingerprint density at radius 3 is 3.14 bits per heavy atom. The lowest BCUT2D eigenvalue weighted by Crippen LogP contribution is -2.39. The molecule has 0 spiro atoms. The topological polar surface area (TPSA) is 64.3 Å². The fraction of sp³-hybridized carbons (Fsp3) is 0.562. The minimum absolute atomic E-state index is 0.217. The third-order valence-corrected chi connectivity index (χ3v) is 3.84. The quantitative estimate of drug-likeness (QED) is 0.815. The zero-order valence-corrected chi connectivity index (χ0v) is 12.9. The second-order valence-corrected chi connectivity index (χ2v) is 5.59. The molecule has 3 heterocycles. The summed E-state index contributed by atoms with van der Waals surface area (Å²) < 4.78 is 11.1. The van der Waals surface area contributed by atoms with Crippen molar-refractivity contribution in [3.63, 3.8) is 0 Å². The highest BCUT2D eigenvalue weighted by Gasteiger charge is 2.21. The molecule has 1 fully saturated rings. The molecule has 1 aliphatic rings. The van der Waals surface area contributed by atoms with Crippen molar-refractivity contribution in [2.75, 3.05) is 13.1 Å². The summed E-state index contributed by atoms with van der Waals surface area (Å²) in [7, 11) is 0. The zero-order chi connectivity index (χ0) is 15.2. The van der Waals surface area contributed by atoms with Gasteiger partial charge in [-0.05, 0) is 31.5 Å². The summed E-state index contributed by atoms with van der Waals surface area (Å²) in [5, 5.41) is 3.88. The summed E-state index contributed by atoms with van der Waals surface area (Å²) >= 11 is 0. The maximum absolute atomic E-state index is 5.94. The van der Waals surface area contributed by atoms with Crippen molar-refractivity contribution in [3.05, 3.63) is 41.8 Å². The number of nitrogens with zero attached hydrogens (tertiary/aromatic N) is 4. The average Bonchev–Trinajstić information content (AvgIpc) is 3.02. The van der Waals surface area contributed by atoms with E-state index in [0.717, 1.165) is 50.4 Å². The van der Waals surface area contributed by atoms with Crippen LogP contribution >= 0.6 is 0 Å². The first-order valence-corrected chi connectivity index (χ1v) is 7.89. The Hall–Kier alpha value is -1.79. The van der Waals surface area contributed by atoms with E-state index in [2.05, 4.69) is 26.1 Å². The van der Waals surface area contributed by atoms with E-state index in [-0.39, 0.29) is 6.10 Å². The van der Waals surface area contributed by atoms with Gasteiger partial charge in [-0.25, -0.2) is 0 Å². The molecule has 6 heteroatoms. The van der Waals surface area contributed by atoms with Gasteiger partial charge in [-0.2, -0.15) is 4.98 Å². The Balaban J connectivity index is 1.48. The monoisotopic (exact) mass is 302 g/mol. The minimum Gasteiger partial charge on any atom is -0.367 e. The van der Waals surface area contributed by atoms with Crippen LogP contribution in [0.5, 0.6) is 0 Å². The predicted octanol–water partition coefficient (Wildman–Crippen LogP) is 2.21. The van der Waals surface area contributed by atoms with E-state index in [0.29, 0.717) is 12.5 Å². The number of piperidine rings is 1. The molecular weight excluding hydrogens is 280 g/mol. The number of hydrogen-bond acceptors (Lipinski definition) is 6. The molecule has 22 heavy (non-hydrogen) atoms. The van der Waals surface area contributed by atoms with Gasteiger partial charge in [0.2, 0.25) is 0 Å². The van der Waals surface area contributed by atoms with Gasteiger partial charge < -0.3 is 9.26 Å². The lowest BCUT2D eigenvalue weighted by atomic mass is 10.1. The maximum atomic E-state index is 5.94. The Kier molecular flexibility index (Phi) is 5.13. The Labute approximate surface area is 130 Å². The van der Waals surface area contributed by atoms with Crippen LogP contribution < -0.4 is 0 Å². The Bertz CT molecular complexity index is 573. The van der Waals surface area contributed by atoms with E-state index in [1.165, 1.54) is 0 Å². The molecule has 1 unspecified atom stereocenters. The van der Waals surface area contributed by atoms with Crippen LogP contribution in [0.4, 0.5) is 0 Å². The van der Waals surface area contributed by atoms with Crippen LogP contribution in [0.15, 0.2) is 28.9 Å². The van der Waals surface area contributed by atoms with Crippen LogP contribution in [0.2, 0.25) is 0 Å². The van der Waals surface area contributed by atoms with Crippen LogP contribution in [0.3, 0.4) is 0 Å². The van der Waals surface area contributed by atoms with Crippen LogP contribution in [-0.4, -0.2) is 39.2 Å². The zero-order valence-electron chi connectivity index (χ0n) is 12.9. The molecule has 0 aromatic carbocycles. The molecule has 1 aliphatic heterocycles. The van der Waals surface area contributed by atoms with Crippen molar-refractivity contribution in [1.29, 1.82) is 0 Å². The molecule has 1 atom stereocenters. The van der Waals surface area contributed by atoms with Gasteiger partial charge in [0.15, 0.2) is 5.82 Å². The summed E-state index contributed by atoms with van der Waals surface area (Å²) in [6, 6.07) is 6.04. The largest absolute Gasteiger partial charge is 0.367 e. The second kappa shape index (κ2) is 7.47. The first-order chi connectivity index (χ1) is 10.8. The number of hydrogen-bond donors (Lipinski definition) is 0. The molecule has 0 bridgehead atoms. The first-order valence-electron chi connectivity index (χ1n) is 7.89. The predicted molar refractivity (Wildman–Crippen MR) is 81.0 cm³/mol. The van der Waals surface area contributed by atoms with Crippen LogP contribution in [-0.2, 0) is 24.3 Å². The highest BCUT2D eigenvalue weighted by atomic mass is 16.5. The highest BCUT2D eigenvalue weighted by Crippen LogP contribution is 2.16. The molecule has 1 saturated heterocycles. The van der Waals surface area contributed by atoms with Crippen molar-refractivity contribution >= 4 is 0 Å². The molecular formula is C16H22N4O2. The lowest BCUT2D eigenvalue weighted by molar-refractivity contribution is -0.0213. The number of aromatic nitrogens is 3. The van der Waals surface area contributed by atoms with Crippen molar-refractivity contribution in [1.82, 2.24) is 20.0 Å². The van der Waals surface area contributed by atoms with Crippen molar-refractivity contribution in [2.45, 2.75) is 45.4 Å². The van der Waals surface area contributed by atoms with Gasteiger partial charge in [0.25, 0.3) is 5.89 Å².